The maximum atomic E-state index is 11.7. The maximum absolute atomic E-state index is 11.7. The van der Waals surface area contributed by atoms with E-state index >= 15 is 0 Å². The minimum atomic E-state index is -1.27. The molecule has 1 aliphatic rings. The van der Waals surface area contributed by atoms with Gasteiger partial charge in [-0.1, -0.05) is 60.7 Å². The zero-order valence-electron chi connectivity index (χ0n) is 16.1. The van der Waals surface area contributed by atoms with Crippen LogP contribution in [0.1, 0.15) is 18.1 Å². The molecule has 0 amide bonds. The zero-order valence-corrected chi connectivity index (χ0v) is 16.9. The summed E-state index contributed by atoms with van der Waals surface area (Å²) >= 11 is 6.00. The molecule has 0 spiro atoms. The van der Waals surface area contributed by atoms with Gasteiger partial charge in [-0.15, -0.1) is 11.6 Å². The van der Waals surface area contributed by atoms with Crippen LogP contribution in [-0.2, 0) is 37.0 Å². The first-order valence-corrected chi connectivity index (χ1v) is 9.99. The lowest BCUT2D eigenvalue weighted by molar-refractivity contribution is -0.301. The summed E-state index contributed by atoms with van der Waals surface area (Å²) in [5.41, 5.74) is 1.88. The largest absolute Gasteiger partial charge is 0.457 e. The van der Waals surface area contributed by atoms with E-state index in [9.17, 15) is 9.90 Å². The third kappa shape index (κ3) is 6.01. The highest BCUT2D eigenvalue weighted by Gasteiger charge is 2.48. The van der Waals surface area contributed by atoms with Crippen molar-refractivity contribution < 1.29 is 28.8 Å². The fourth-order valence-corrected chi connectivity index (χ4v) is 3.50. The van der Waals surface area contributed by atoms with E-state index in [1.807, 2.05) is 60.7 Å². The Labute approximate surface area is 175 Å². The van der Waals surface area contributed by atoms with Crippen molar-refractivity contribution in [1.29, 1.82) is 0 Å². The fourth-order valence-electron chi connectivity index (χ4n) is 3.25. The number of benzene rings is 2. The van der Waals surface area contributed by atoms with Gasteiger partial charge in [-0.05, 0) is 11.1 Å². The number of aliphatic hydroxyl groups excluding tert-OH is 1. The molecule has 1 saturated heterocycles. The van der Waals surface area contributed by atoms with E-state index in [0.717, 1.165) is 11.1 Å². The summed E-state index contributed by atoms with van der Waals surface area (Å²) in [4.78, 5) is 11.7. The molecular formula is C22H25ClO6. The maximum Gasteiger partial charge on any atom is 0.303 e. The second-order valence-corrected chi connectivity index (χ2v) is 7.12. The number of carbonyl (C=O) groups is 1. The smallest absolute Gasteiger partial charge is 0.303 e. The lowest BCUT2D eigenvalue weighted by atomic mass is 9.98. The Bertz CT molecular complexity index is 756. The molecule has 0 aliphatic carbocycles. The van der Waals surface area contributed by atoms with Crippen LogP contribution in [0.2, 0.25) is 0 Å². The average Bonchev–Trinajstić information content (AvgIpc) is 2.73. The molecule has 7 heteroatoms. The summed E-state index contributed by atoms with van der Waals surface area (Å²) in [6, 6.07) is 19.1. The van der Waals surface area contributed by atoms with Gasteiger partial charge in [0.05, 0.1) is 19.1 Å². The normalized spacial score (nSPS) is 26.8. The Balaban J connectivity index is 1.79. The van der Waals surface area contributed by atoms with Crippen LogP contribution in [-0.4, -0.2) is 47.7 Å². The molecular weight excluding hydrogens is 396 g/mol. The van der Waals surface area contributed by atoms with Crippen LogP contribution >= 0.6 is 11.6 Å². The standard InChI is InChI=1S/C22H25ClO6/c1-15(24)28-19-18(12-23)29-22(25)21(27-14-17-10-6-3-7-11-17)20(19)26-13-16-8-4-2-5-9-16/h2-11,18-22,25H,12-14H2,1H3/t18-,19-,20+,21-,22+/m1/s1. The predicted molar refractivity (Wildman–Crippen MR) is 107 cm³/mol. The lowest BCUT2D eigenvalue weighted by Gasteiger charge is -2.43. The molecule has 1 aliphatic heterocycles. The molecule has 156 valence electrons. The number of carbonyl (C=O) groups excluding carboxylic acids is 1. The van der Waals surface area contributed by atoms with E-state index < -0.39 is 36.7 Å². The minimum Gasteiger partial charge on any atom is -0.457 e. The second kappa shape index (κ2) is 10.7. The Morgan fingerprint density at radius 1 is 0.931 bits per heavy atom. The predicted octanol–water partition coefficient (Wildman–Crippen LogP) is 3.04. The van der Waals surface area contributed by atoms with Gasteiger partial charge >= 0.3 is 5.97 Å². The molecule has 0 saturated carbocycles. The zero-order chi connectivity index (χ0) is 20.6. The summed E-state index contributed by atoms with van der Waals surface area (Å²) in [5, 5.41) is 10.5. The Kier molecular flexibility index (Phi) is 8.03. The van der Waals surface area contributed by atoms with Crippen LogP contribution in [0.5, 0.6) is 0 Å². The third-order valence-electron chi connectivity index (χ3n) is 4.63. The number of hydrogen-bond donors (Lipinski definition) is 1. The number of aliphatic hydroxyl groups is 1. The van der Waals surface area contributed by atoms with Crippen LogP contribution in [0.4, 0.5) is 0 Å². The number of rotatable bonds is 8. The lowest BCUT2D eigenvalue weighted by Crippen LogP contribution is -2.61. The first kappa shape index (κ1) is 21.7. The molecule has 29 heavy (non-hydrogen) atoms. The van der Waals surface area contributed by atoms with E-state index in [-0.39, 0.29) is 19.1 Å². The summed E-state index contributed by atoms with van der Waals surface area (Å²) in [6.45, 7) is 1.82. The topological polar surface area (TPSA) is 74.2 Å². The van der Waals surface area contributed by atoms with Gasteiger partial charge < -0.3 is 24.1 Å². The molecule has 0 unspecified atom stereocenters. The van der Waals surface area contributed by atoms with Crippen LogP contribution in [0.15, 0.2) is 60.7 Å². The average molecular weight is 421 g/mol. The quantitative estimate of drug-likeness (QED) is 0.522. The van der Waals surface area contributed by atoms with Crippen LogP contribution in [0, 0.1) is 0 Å². The van der Waals surface area contributed by atoms with Crippen molar-refractivity contribution >= 4 is 17.6 Å². The Morgan fingerprint density at radius 2 is 1.45 bits per heavy atom. The molecule has 0 bridgehead atoms. The van der Waals surface area contributed by atoms with Crippen molar-refractivity contribution in [3.8, 4) is 0 Å². The van der Waals surface area contributed by atoms with Gasteiger partial charge in [-0.2, -0.15) is 0 Å². The number of esters is 1. The molecule has 1 N–H and O–H groups in total. The van der Waals surface area contributed by atoms with Crippen molar-refractivity contribution in [3.05, 3.63) is 71.8 Å². The molecule has 0 radical (unpaired) electrons. The molecule has 5 atom stereocenters. The van der Waals surface area contributed by atoms with E-state index in [1.165, 1.54) is 6.92 Å². The van der Waals surface area contributed by atoms with Gasteiger partial charge in [0.2, 0.25) is 0 Å². The monoisotopic (exact) mass is 420 g/mol. The summed E-state index contributed by atoms with van der Waals surface area (Å²) in [6.07, 6.45) is -4.40. The van der Waals surface area contributed by atoms with Gasteiger partial charge in [0.25, 0.3) is 0 Å². The van der Waals surface area contributed by atoms with E-state index in [1.54, 1.807) is 0 Å². The van der Waals surface area contributed by atoms with Crippen LogP contribution in [0.3, 0.4) is 0 Å². The molecule has 1 heterocycles. The molecule has 2 aromatic carbocycles. The highest BCUT2D eigenvalue weighted by atomic mass is 35.5. The summed E-state index contributed by atoms with van der Waals surface area (Å²) < 4.78 is 23.1. The van der Waals surface area contributed by atoms with Crippen molar-refractivity contribution in [2.45, 2.75) is 50.8 Å². The molecule has 3 rings (SSSR count). The number of alkyl halides is 1. The molecule has 1 fully saturated rings. The van der Waals surface area contributed by atoms with Crippen molar-refractivity contribution in [2.24, 2.45) is 0 Å². The van der Waals surface area contributed by atoms with Gasteiger partial charge in [-0.25, -0.2) is 0 Å². The Morgan fingerprint density at radius 3 is 1.93 bits per heavy atom. The van der Waals surface area contributed by atoms with Crippen LogP contribution in [0.25, 0.3) is 0 Å². The molecule has 0 aromatic heterocycles. The highest BCUT2D eigenvalue weighted by Crippen LogP contribution is 2.29. The van der Waals surface area contributed by atoms with Gasteiger partial charge in [0, 0.05) is 6.92 Å². The number of ether oxygens (including phenoxy) is 4. The van der Waals surface area contributed by atoms with Gasteiger partial charge in [-0.3, -0.25) is 4.79 Å². The third-order valence-corrected chi connectivity index (χ3v) is 4.94. The summed E-state index contributed by atoms with van der Waals surface area (Å²) in [7, 11) is 0. The number of halogens is 1. The number of hydrogen-bond acceptors (Lipinski definition) is 6. The SMILES string of the molecule is CC(=O)O[C@H]1[C@H](OCc2ccccc2)[C@@H](OCc2ccccc2)[C@@H](O)O[C@@H]1CCl. The summed E-state index contributed by atoms with van der Waals surface area (Å²) in [5.74, 6) is -0.453. The van der Waals surface area contributed by atoms with Crippen molar-refractivity contribution in [3.63, 3.8) is 0 Å². The first-order chi connectivity index (χ1) is 14.1. The second-order valence-electron chi connectivity index (χ2n) is 6.82. The van der Waals surface area contributed by atoms with Gasteiger partial charge in [0.15, 0.2) is 12.4 Å². The highest BCUT2D eigenvalue weighted by molar-refractivity contribution is 6.18. The minimum absolute atomic E-state index is 0.0333. The first-order valence-electron chi connectivity index (χ1n) is 9.46. The van der Waals surface area contributed by atoms with E-state index in [2.05, 4.69) is 0 Å². The van der Waals surface area contributed by atoms with E-state index in [0.29, 0.717) is 0 Å². The van der Waals surface area contributed by atoms with Crippen LogP contribution < -0.4 is 0 Å². The van der Waals surface area contributed by atoms with Crippen molar-refractivity contribution in [2.75, 3.05) is 5.88 Å². The Hall–Kier alpha value is -1.96. The fraction of sp³-hybridized carbons (Fsp3) is 0.409. The van der Waals surface area contributed by atoms with Crippen molar-refractivity contribution in [1.82, 2.24) is 0 Å². The van der Waals surface area contributed by atoms with Gasteiger partial charge in [0.1, 0.15) is 18.3 Å². The van der Waals surface area contributed by atoms with E-state index in [4.69, 9.17) is 30.5 Å². The molecule has 6 nitrogen and oxygen atoms in total. The molecule has 2 aromatic rings.